The minimum Gasteiger partial charge on any atom is -0.383 e. The standard InChI is InChI=1S/C14H18N4S/c1-9-12(15)16-13(11-3-4-11)17-14(9)18(2)7-10-5-6-19-8-10/h5-6,8,11H,3-4,7H2,1-2H3,(H2,15,16,17). The minimum atomic E-state index is 0.524. The third-order valence-corrected chi connectivity index (χ3v) is 4.21. The summed E-state index contributed by atoms with van der Waals surface area (Å²) in [5.41, 5.74) is 8.30. The van der Waals surface area contributed by atoms with Crippen molar-refractivity contribution in [1.29, 1.82) is 0 Å². The molecule has 1 aliphatic rings. The zero-order chi connectivity index (χ0) is 13.4. The highest BCUT2D eigenvalue weighted by Gasteiger charge is 2.28. The van der Waals surface area contributed by atoms with E-state index >= 15 is 0 Å². The lowest BCUT2D eigenvalue weighted by atomic mass is 10.2. The van der Waals surface area contributed by atoms with Crippen LogP contribution in [0.5, 0.6) is 0 Å². The quantitative estimate of drug-likeness (QED) is 0.931. The molecule has 2 heterocycles. The van der Waals surface area contributed by atoms with Crippen LogP contribution in [0.4, 0.5) is 11.6 Å². The molecule has 0 bridgehead atoms. The van der Waals surface area contributed by atoms with Crippen LogP contribution in [0, 0.1) is 6.92 Å². The van der Waals surface area contributed by atoms with E-state index < -0.39 is 0 Å². The van der Waals surface area contributed by atoms with E-state index in [1.165, 1.54) is 18.4 Å². The molecule has 2 N–H and O–H groups in total. The summed E-state index contributed by atoms with van der Waals surface area (Å²) in [4.78, 5) is 11.3. The average molecular weight is 274 g/mol. The van der Waals surface area contributed by atoms with E-state index in [4.69, 9.17) is 10.7 Å². The predicted molar refractivity (Wildman–Crippen MR) is 79.6 cm³/mol. The molecule has 1 saturated carbocycles. The minimum absolute atomic E-state index is 0.524. The smallest absolute Gasteiger partial charge is 0.137 e. The Kier molecular flexibility index (Phi) is 3.14. The number of rotatable bonds is 4. The lowest BCUT2D eigenvalue weighted by Gasteiger charge is -2.21. The van der Waals surface area contributed by atoms with Crippen LogP contribution in [0.2, 0.25) is 0 Å². The van der Waals surface area contributed by atoms with E-state index in [-0.39, 0.29) is 0 Å². The van der Waals surface area contributed by atoms with Crippen LogP contribution in [0.15, 0.2) is 16.8 Å². The zero-order valence-electron chi connectivity index (χ0n) is 11.3. The Bertz CT molecular complexity index is 575. The summed E-state index contributed by atoms with van der Waals surface area (Å²) in [6.07, 6.45) is 2.38. The number of anilines is 2. The molecule has 5 heteroatoms. The number of hydrogen-bond donors (Lipinski definition) is 1. The lowest BCUT2D eigenvalue weighted by molar-refractivity contribution is 0.850. The highest BCUT2D eigenvalue weighted by molar-refractivity contribution is 7.07. The summed E-state index contributed by atoms with van der Waals surface area (Å²) in [7, 11) is 2.06. The molecular formula is C14H18N4S. The van der Waals surface area contributed by atoms with Gasteiger partial charge in [-0.1, -0.05) is 0 Å². The second-order valence-electron chi connectivity index (χ2n) is 5.18. The Morgan fingerprint density at radius 3 is 2.84 bits per heavy atom. The number of nitrogens with two attached hydrogens (primary N) is 1. The van der Waals surface area contributed by atoms with Gasteiger partial charge in [0, 0.05) is 25.1 Å². The molecular weight excluding hydrogens is 256 g/mol. The third kappa shape index (κ3) is 2.56. The molecule has 1 fully saturated rings. The fourth-order valence-electron chi connectivity index (χ4n) is 2.17. The number of aromatic nitrogens is 2. The van der Waals surface area contributed by atoms with Gasteiger partial charge in [-0.05, 0) is 42.2 Å². The van der Waals surface area contributed by atoms with Crippen molar-refractivity contribution in [3.05, 3.63) is 33.8 Å². The number of hydrogen-bond acceptors (Lipinski definition) is 5. The average Bonchev–Trinajstić information content (AvgIpc) is 3.11. The van der Waals surface area contributed by atoms with Gasteiger partial charge in [-0.25, -0.2) is 9.97 Å². The molecule has 0 spiro atoms. The summed E-state index contributed by atoms with van der Waals surface area (Å²) in [6, 6.07) is 2.14. The lowest BCUT2D eigenvalue weighted by Crippen LogP contribution is -2.20. The number of nitrogens with zero attached hydrogens (tertiary/aromatic N) is 3. The SMILES string of the molecule is Cc1c(N)nc(C2CC2)nc1N(C)Cc1ccsc1. The predicted octanol–water partition coefficient (Wildman–Crippen LogP) is 2.94. The molecule has 0 unspecified atom stereocenters. The van der Waals surface area contributed by atoms with E-state index in [1.54, 1.807) is 11.3 Å². The van der Waals surface area contributed by atoms with Crippen molar-refractivity contribution in [1.82, 2.24) is 9.97 Å². The molecule has 1 aliphatic carbocycles. The van der Waals surface area contributed by atoms with Gasteiger partial charge in [0.15, 0.2) is 0 Å². The highest BCUT2D eigenvalue weighted by atomic mass is 32.1. The fourth-order valence-corrected chi connectivity index (χ4v) is 2.83. The van der Waals surface area contributed by atoms with Crippen LogP contribution < -0.4 is 10.6 Å². The number of nitrogen functional groups attached to an aromatic ring is 1. The van der Waals surface area contributed by atoms with Crippen molar-refractivity contribution in [2.24, 2.45) is 0 Å². The van der Waals surface area contributed by atoms with E-state index in [0.29, 0.717) is 11.7 Å². The van der Waals surface area contributed by atoms with Gasteiger partial charge in [-0.3, -0.25) is 0 Å². The van der Waals surface area contributed by atoms with Gasteiger partial charge in [0.2, 0.25) is 0 Å². The van der Waals surface area contributed by atoms with Crippen molar-refractivity contribution in [2.45, 2.75) is 32.2 Å². The summed E-state index contributed by atoms with van der Waals surface area (Å²) in [5, 5.41) is 4.26. The number of thiophene rings is 1. The normalized spacial score (nSPS) is 14.6. The largest absolute Gasteiger partial charge is 0.383 e. The first kappa shape index (κ1) is 12.4. The molecule has 2 aromatic rings. The molecule has 4 nitrogen and oxygen atoms in total. The molecule has 3 rings (SSSR count). The maximum atomic E-state index is 6.02. The monoisotopic (exact) mass is 274 g/mol. The van der Waals surface area contributed by atoms with Gasteiger partial charge in [-0.15, -0.1) is 0 Å². The Balaban J connectivity index is 1.89. The molecule has 0 aliphatic heterocycles. The molecule has 2 aromatic heterocycles. The molecule has 0 radical (unpaired) electrons. The topological polar surface area (TPSA) is 55.0 Å². The van der Waals surface area contributed by atoms with E-state index in [0.717, 1.165) is 23.8 Å². The van der Waals surface area contributed by atoms with Gasteiger partial charge >= 0.3 is 0 Å². The molecule has 19 heavy (non-hydrogen) atoms. The molecule has 0 atom stereocenters. The van der Waals surface area contributed by atoms with Crippen molar-refractivity contribution in [3.63, 3.8) is 0 Å². The van der Waals surface area contributed by atoms with Crippen LogP contribution in [0.1, 0.15) is 35.7 Å². The summed E-state index contributed by atoms with van der Waals surface area (Å²) < 4.78 is 0. The van der Waals surface area contributed by atoms with Crippen LogP contribution >= 0.6 is 11.3 Å². The van der Waals surface area contributed by atoms with Crippen molar-refractivity contribution >= 4 is 23.0 Å². The zero-order valence-corrected chi connectivity index (χ0v) is 12.1. The van der Waals surface area contributed by atoms with E-state index in [1.807, 2.05) is 6.92 Å². The highest BCUT2D eigenvalue weighted by Crippen LogP contribution is 2.39. The maximum Gasteiger partial charge on any atom is 0.137 e. The summed E-state index contributed by atoms with van der Waals surface area (Å²) in [6.45, 7) is 2.84. The van der Waals surface area contributed by atoms with Gasteiger partial charge in [0.05, 0.1) is 0 Å². The van der Waals surface area contributed by atoms with Crippen molar-refractivity contribution in [2.75, 3.05) is 17.7 Å². The van der Waals surface area contributed by atoms with Crippen LogP contribution in [0.3, 0.4) is 0 Å². The van der Waals surface area contributed by atoms with Crippen molar-refractivity contribution < 1.29 is 0 Å². The first-order valence-electron chi connectivity index (χ1n) is 6.51. The first-order valence-corrected chi connectivity index (χ1v) is 7.45. The van der Waals surface area contributed by atoms with Crippen molar-refractivity contribution in [3.8, 4) is 0 Å². The van der Waals surface area contributed by atoms with Gasteiger partial charge in [-0.2, -0.15) is 11.3 Å². The van der Waals surface area contributed by atoms with Crippen LogP contribution in [-0.4, -0.2) is 17.0 Å². The summed E-state index contributed by atoms with van der Waals surface area (Å²) >= 11 is 1.72. The molecule has 0 saturated heterocycles. The van der Waals surface area contributed by atoms with Crippen LogP contribution in [-0.2, 0) is 6.54 Å². The maximum absolute atomic E-state index is 6.02. The van der Waals surface area contributed by atoms with Gasteiger partial charge in [0.25, 0.3) is 0 Å². The molecule has 100 valence electrons. The summed E-state index contributed by atoms with van der Waals surface area (Å²) in [5.74, 6) is 3.01. The second-order valence-corrected chi connectivity index (χ2v) is 5.96. The van der Waals surface area contributed by atoms with Crippen LogP contribution in [0.25, 0.3) is 0 Å². The van der Waals surface area contributed by atoms with E-state index in [2.05, 4.69) is 33.8 Å². The Hall–Kier alpha value is -1.62. The Labute approximate surface area is 117 Å². The Morgan fingerprint density at radius 2 is 2.21 bits per heavy atom. The third-order valence-electron chi connectivity index (χ3n) is 3.48. The van der Waals surface area contributed by atoms with E-state index in [9.17, 15) is 0 Å². The second kappa shape index (κ2) is 4.81. The Morgan fingerprint density at radius 1 is 1.42 bits per heavy atom. The fraction of sp³-hybridized carbons (Fsp3) is 0.429. The molecule has 0 amide bonds. The first-order chi connectivity index (χ1) is 9.15. The van der Waals surface area contributed by atoms with Gasteiger partial charge < -0.3 is 10.6 Å². The molecule has 0 aromatic carbocycles. The van der Waals surface area contributed by atoms with Gasteiger partial charge in [0.1, 0.15) is 17.5 Å².